The van der Waals surface area contributed by atoms with E-state index in [4.69, 9.17) is 14.2 Å². The van der Waals surface area contributed by atoms with Crippen molar-refractivity contribution in [3.05, 3.63) is 47.0 Å². The van der Waals surface area contributed by atoms with Gasteiger partial charge in [0.1, 0.15) is 11.3 Å². The van der Waals surface area contributed by atoms with Gasteiger partial charge in [0.15, 0.2) is 23.9 Å². The van der Waals surface area contributed by atoms with E-state index >= 15 is 0 Å². The molecule has 0 saturated heterocycles. The van der Waals surface area contributed by atoms with Gasteiger partial charge in [-0.05, 0) is 32.0 Å². The molecule has 0 spiro atoms. The minimum Gasteiger partial charge on any atom is -0.507 e. The summed E-state index contributed by atoms with van der Waals surface area (Å²) in [6.45, 7) is 2.55. The summed E-state index contributed by atoms with van der Waals surface area (Å²) in [6.07, 6.45) is 0. The van der Waals surface area contributed by atoms with Gasteiger partial charge in [0.2, 0.25) is 6.79 Å². The number of esters is 1. The van der Waals surface area contributed by atoms with E-state index in [1.54, 1.807) is 13.0 Å². The number of rotatable bonds is 5. The molecule has 8 heteroatoms. The number of benzene rings is 2. The molecule has 2 N–H and O–H groups in total. The lowest BCUT2D eigenvalue weighted by atomic mass is 10.1. The van der Waals surface area contributed by atoms with E-state index < -0.39 is 18.5 Å². The van der Waals surface area contributed by atoms with Gasteiger partial charge in [-0.1, -0.05) is 11.6 Å². The van der Waals surface area contributed by atoms with Crippen LogP contribution >= 0.6 is 0 Å². The Hall–Kier alpha value is -3.55. The van der Waals surface area contributed by atoms with E-state index in [1.807, 2.05) is 0 Å². The van der Waals surface area contributed by atoms with Crippen LogP contribution in [0, 0.1) is 6.92 Å². The average molecular weight is 371 g/mol. The Labute approximate surface area is 154 Å². The first kappa shape index (κ1) is 18.2. The van der Waals surface area contributed by atoms with E-state index in [0.717, 1.165) is 5.56 Å². The average Bonchev–Trinajstić information content (AvgIpc) is 3.08. The summed E-state index contributed by atoms with van der Waals surface area (Å²) < 4.78 is 15.4. The number of Topliss-reactive ketones (excluding diaryl/α,β-unsaturated/α-hetero) is 1. The second kappa shape index (κ2) is 7.36. The molecule has 140 valence electrons. The minimum atomic E-state index is -0.830. The van der Waals surface area contributed by atoms with Crippen LogP contribution in [0.4, 0.5) is 5.69 Å². The minimum absolute atomic E-state index is 0.0294. The first-order valence-corrected chi connectivity index (χ1v) is 8.06. The lowest BCUT2D eigenvalue weighted by Gasteiger charge is -2.11. The summed E-state index contributed by atoms with van der Waals surface area (Å²) in [7, 11) is 0. The lowest BCUT2D eigenvalue weighted by molar-refractivity contribution is -0.119. The summed E-state index contributed by atoms with van der Waals surface area (Å²) in [5, 5.41) is 12.2. The van der Waals surface area contributed by atoms with Gasteiger partial charge in [-0.25, -0.2) is 4.79 Å². The van der Waals surface area contributed by atoms with Crippen molar-refractivity contribution in [3.63, 3.8) is 0 Å². The highest BCUT2D eigenvalue weighted by Gasteiger charge is 2.21. The van der Waals surface area contributed by atoms with Crippen LogP contribution in [0.2, 0.25) is 0 Å². The number of carbonyl (C=O) groups is 3. The lowest BCUT2D eigenvalue weighted by Crippen LogP contribution is -2.22. The molecule has 3 rings (SSSR count). The maximum atomic E-state index is 12.1. The summed E-state index contributed by atoms with van der Waals surface area (Å²) in [5.74, 6) is -1.16. The molecule has 2 aromatic rings. The number of amides is 1. The van der Waals surface area contributed by atoms with Crippen LogP contribution in [0.1, 0.15) is 33.2 Å². The number of fused-ring (bicyclic) bond motifs is 1. The third-order valence-electron chi connectivity index (χ3n) is 3.87. The monoisotopic (exact) mass is 371 g/mol. The first-order chi connectivity index (χ1) is 12.8. The molecule has 0 unspecified atom stereocenters. The van der Waals surface area contributed by atoms with Crippen LogP contribution in [-0.2, 0) is 9.53 Å². The summed E-state index contributed by atoms with van der Waals surface area (Å²) in [4.78, 5) is 36.0. The van der Waals surface area contributed by atoms with Crippen LogP contribution in [0.5, 0.6) is 17.2 Å². The molecule has 0 fully saturated rings. The molecule has 8 nitrogen and oxygen atoms in total. The van der Waals surface area contributed by atoms with Crippen molar-refractivity contribution < 1.29 is 33.7 Å². The maximum Gasteiger partial charge on any atom is 0.342 e. The molecule has 0 aromatic heterocycles. The number of phenolic OH excluding ortho intramolecular Hbond substituents is 1. The normalized spacial score (nSPS) is 11.8. The fraction of sp³-hybridized carbons (Fsp3) is 0.211. The Bertz CT molecular complexity index is 936. The molecule has 1 aliphatic rings. The van der Waals surface area contributed by atoms with E-state index in [-0.39, 0.29) is 35.1 Å². The third-order valence-corrected chi connectivity index (χ3v) is 3.87. The predicted molar refractivity (Wildman–Crippen MR) is 94.3 cm³/mol. The maximum absolute atomic E-state index is 12.1. The van der Waals surface area contributed by atoms with Crippen LogP contribution in [0.3, 0.4) is 0 Å². The molecular formula is C19H17NO7. The fourth-order valence-corrected chi connectivity index (χ4v) is 2.55. The zero-order valence-corrected chi connectivity index (χ0v) is 14.7. The van der Waals surface area contributed by atoms with Crippen LogP contribution in [0.15, 0.2) is 30.3 Å². The van der Waals surface area contributed by atoms with Crippen molar-refractivity contribution in [3.8, 4) is 17.2 Å². The zero-order valence-electron chi connectivity index (χ0n) is 14.7. The Morgan fingerprint density at radius 3 is 2.52 bits per heavy atom. The van der Waals surface area contributed by atoms with Crippen LogP contribution in [0.25, 0.3) is 0 Å². The topological polar surface area (TPSA) is 111 Å². The largest absolute Gasteiger partial charge is 0.507 e. The van der Waals surface area contributed by atoms with E-state index in [9.17, 15) is 19.5 Å². The molecule has 1 amide bonds. The molecule has 0 atom stereocenters. The van der Waals surface area contributed by atoms with Gasteiger partial charge in [0.25, 0.3) is 5.91 Å². The number of phenols is 1. The van der Waals surface area contributed by atoms with Gasteiger partial charge >= 0.3 is 5.97 Å². The highest BCUT2D eigenvalue weighted by atomic mass is 16.7. The Morgan fingerprint density at radius 2 is 1.81 bits per heavy atom. The number of aromatic hydroxyl groups is 1. The molecule has 0 saturated carbocycles. The van der Waals surface area contributed by atoms with Gasteiger partial charge in [-0.15, -0.1) is 0 Å². The van der Waals surface area contributed by atoms with Gasteiger partial charge in [-0.3, -0.25) is 9.59 Å². The number of anilines is 1. The van der Waals surface area contributed by atoms with Crippen molar-refractivity contribution in [2.75, 3.05) is 18.7 Å². The van der Waals surface area contributed by atoms with Gasteiger partial charge < -0.3 is 24.6 Å². The van der Waals surface area contributed by atoms with Gasteiger partial charge in [0.05, 0.1) is 5.69 Å². The highest BCUT2D eigenvalue weighted by molar-refractivity contribution is 6.05. The number of ether oxygens (including phenoxy) is 3. The summed E-state index contributed by atoms with van der Waals surface area (Å²) >= 11 is 0. The number of hydrogen-bond donors (Lipinski definition) is 2. The fourth-order valence-electron chi connectivity index (χ4n) is 2.55. The van der Waals surface area contributed by atoms with Crippen LogP contribution < -0.4 is 14.8 Å². The highest BCUT2D eigenvalue weighted by Crippen LogP contribution is 2.37. The predicted octanol–water partition coefficient (Wildman–Crippen LogP) is 2.43. The Balaban J connectivity index is 1.68. The Morgan fingerprint density at radius 1 is 1.11 bits per heavy atom. The standard InChI is InChI=1S/C19H17NO7/c1-10-3-4-15(22)13(5-10)19(24)25-8-18(23)20-14-7-17-16(26-9-27-17)6-12(14)11(2)21/h3-7,22H,8-9H2,1-2H3,(H,20,23). The smallest absolute Gasteiger partial charge is 0.342 e. The van der Waals surface area contributed by atoms with Crippen molar-refractivity contribution in [1.29, 1.82) is 0 Å². The molecule has 1 heterocycles. The quantitative estimate of drug-likeness (QED) is 0.613. The van der Waals surface area contributed by atoms with E-state index in [1.165, 1.54) is 31.2 Å². The summed E-state index contributed by atoms with van der Waals surface area (Å²) in [5.41, 5.74) is 1.20. The molecule has 27 heavy (non-hydrogen) atoms. The SMILES string of the molecule is CC(=O)c1cc2c(cc1NC(=O)COC(=O)c1cc(C)ccc1O)OCO2. The second-order valence-electron chi connectivity index (χ2n) is 5.95. The van der Waals surface area contributed by atoms with Crippen molar-refractivity contribution in [1.82, 2.24) is 0 Å². The van der Waals surface area contributed by atoms with Crippen molar-refractivity contribution >= 4 is 23.3 Å². The molecule has 0 aliphatic carbocycles. The number of nitrogens with one attached hydrogen (secondary N) is 1. The van der Waals surface area contributed by atoms with E-state index in [0.29, 0.717) is 11.5 Å². The molecule has 1 aliphatic heterocycles. The Kier molecular flexibility index (Phi) is 4.98. The molecule has 2 aromatic carbocycles. The van der Waals surface area contributed by atoms with Crippen molar-refractivity contribution in [2.45, 2.75) is 13.8 Å². The molecule has 0 bridgehead atoms. The number of carbonyl (C=O) groups excluding carboxylic acids is 3. The van der Waals surface area contributed by atoms with Gasteiger partial charge in [0, 0.05) is 11.6 Å². The number of ketones is 1. The van der Waals surface area contributed by atoms with E-state index in [2.05, 4.69) is 5.32 Å². The van der Waals surface area contributed by atoms with Gasteiger partial charge in [-0.2, -0.15) is 0 Å². The zero-order chi connectivity index (χ0) is 19.6. The van der Waals surface area contributed by atoms with Crippen LogP contribution in [-0.4, -0.2) is 36.2 Å². The molecular weight excluding hydrogens is 354 g/mol. The number of hydrogen-bond acceptors (Lipinski definition) is 7. The van der Waals surface area contributed by atoms with Crippen molar-refractivity contribution in [2.24, 2.45) is 0 Å². The number of aryl methyl sites for hydroxylation is 1. The third kappa shape index (κ3) is 4.00. The first-order valence-electron chi connectivity index (χ1n) is 8.06. The molecule has 0 radical (unpaired) electrons. The second-order valence-corrected chi connectivity index (χ2v) is 5.95. The summed E-state index contributed by atoms with van der Waals surface area (Å²) in [6, 6.07) is 7.43.